The molecule has 2 amide bonds. The van der Waals surface area contributed by atoms with Gasteiger partial charge in [-0.25, -0.2) is 9.10 Å². The second-order valence-electron chi connectivity index (χ2n) is 8.56. The van der Waals surface area contributed by atoms with E-state index in [1.54, 1.807) is 52.0 Å². The first-order chi connectivity index (χ1) is 13.9. The predicted molar refractivity (Wildman–Crippen MR) is 114 cm³/mol. The molecule has 2 heterocycles. The molecule has 9 heteroatoms. The minimum atomic E-state index is -3.45. The smallest absolute Gasteiger partial charge is 0.332 e. The number of benzene rings is 1. The summed E-state index contributed by atoms with van der Waals surface area (Å²) in [4.78, 5) is 36.8. The molecule has 0 aromatic heterocycles. The Bertz CT molecular complexity index is 903. The van der Waals surface area contributed by atoms with E-state index in [-0.39, 0.29) is 30.3 Å². The lowest BCUT2D eigenvalue weighted by atomic mass is 9.89. The number of amides is 2. The maximum absolute atomic E-state index is 12.5. The van der Waals surface area contributed by atoms with E-state index in [1.807, 2.05) is 0 Å². The van der Waals surface area contributed by atoms with E-state index in [0.717, 1.165) is 9.87 Å². The molecule has 30 heavy (non-hydrogen) atoms. The van der Waals surface area contributed by atoms with Gasteiger partial charge in [0.1, 0.15) is 5.54 Å². The Kier molecular flexibility index (Phi) is 5.74. The Balaban J connectivity index is 1.85. The SMILES string of the molecule is CCOC(=O)C1(Cc2ccc(C3=CC(=O)N(C(C)(C)C)S3(O)O)cc2)CCC(=O)N1. The van der Waals surface area contributed by atoms with Crippen LogP contribution in [0, 0.1) is 0 Å². The largest absolute Gasteiger partial charge is 0.464 e. The van der Waals surface area contributed by atoms with Crippen molar-refractivity contribution in [1.82, 2.24) is 9.62 Å². The minimum absolute atomic E-state index is 0.170. The van der Waals surface area contributed by atoms with E-state index in [1.165, 1.54) is 6.08 Å². The summed E-state index contributed by atoms with van der Waals surface area (Å²) < 4.78 is 27.8. The predicted octanol–water partition coefficient (Wildman–Crippen LogP) is 3.09. The van der Waals surface area contributed by atoms with Gasteiger partial charge in [-0.2, -0.15) is 0 Å². The average molecular weight is 437 g/mol. The molecule has 164 valence electrons. The molecule has 1 aromatic carbocycles. The van der Waals surface area contributed by atoms with Crippen LogP contribution in [0.1, 0.15) is 51.7 Å². The maximum Gasteiger partial charge on any atom is 0.332 e. The van der Waals surface area contributed by atoms with Gasteiger partial charge in [-0.3, -0.25) is 18.7 Å². The lowest BCUT2D eigenvalue weighted by Crippen LogP contribution is -2.51. The van der Waals surface area contributed by atoms with Crippen molar-refractivity contribution >= 4 is 33.5 Å². The van der Waals surface area contributed by atoms with Crippen LogP contribution < -0.4 is 5.32 Å². The summed E-state index contributed by atoms with van der Waals surface area (Å²) >= 11 is 0. The lowest BCUT2D eigenvalue weighted by molar-refractivity contribution is -0.151. The molecule has 3 rings (SSSR count). The number of rotatable bonds is 5. The van der Waals surface area contributed by atoms with Gasteiger partial charge in [0.05, 0.1) is 17.1 Å². The van der Waals surface area contributed by atoms with Gasteiger partial charge >= 0.3 is 5.97 Å². The number of ether oxygens (including phenoxy) is 1. The van der Waals surface area contributed by atoms with E-state index in [0.29, 0.717) is 12.0 Å². The monoisotopic (exact) mass is 436 g/mol. The Morgan fingerprint density at radius 2 is 1.87 bits per heavy atom. The summed E-state index contributed by atoms with van der Waals surface area (Å²) in [6.07, 6.45) is 2.13. The summed E-state index contributed by atoms with van der Waals surface area (Å²) in [7, 11) is -3.45. The number of hydrogen-bond acceptors (Lipinski definition) is 6. The van der Waals surface area contributed by atoms with E-state index >= 15 is 0 Å². The summed E-state index contributed by atoms with van der Waals surface area (Å²) in [5.74, 6) is -1.10. The van der Waals surface area contributed by atoms with Crippen molar-refractivity contribution in [3.63, 3.8) is 0 Å². The van der Waals surface area contributed by atoms with Crippen molar-refractivity contribution in [3.8, 4) is 0 Å². The Morgan fingerprint density at radius 3 is 2.33 bits per heavy atom. The molecule has 1 unspecified atom stereocenters. The van der Waals surface area contributed by atoms with Crippen LogP contribution in [-0.2, 0) is 25.5 Å². The summed E-state index contributed by atoms with van der Waals surface area (Å²) in [5, 5.41) is 2.76. The Morgan fingerprint density at radius 1 is 1.23 bits per heavy atom. The quantitative estimate of drug-likeness (QED) is 0.611. The molecule has 1 saturated heterocycles. The van der Waals surface area contributed by atoms with Crippen molar-refractivity contribution in [2.24, 2.45) is 0 Å². The average Bonchev–Trinajstić information content (AvgIpc) is 3.12. The second-order valence-corrected chi connectivity index (χ2v) is 10.4. The van der Waals surface area contributed by atoms with E-state index in [4.69, 9.17) is 4.74 Å². The molecule has 3 N–H and O–H groups in total. The zero-order valence-corrected chi connectivity index (χ0v) is 18.4. The first-order valence-electron chi connectivity index (χ1n) is 9.82. The Labute approximate surface area is 177 Å². The van der Waals surface area contributed by atoms with Gasteiger partial charge in [0, 0.05) is 18.9 Å². The lowest BCUT2D eigenvalue weighted by Gasteiger charge is -2.46. The molecule has 2 aliphatic rings. The van der Waals surface area contributed by atoms with Crippen LogP contribution in [0.2, 0.25) is 0 Å². The topological polar surface area (TPSA) is 116 Å². The van der Waals surface area contributed by atoms with Crippen LogP contribution in [0.3, 0.4) is 0 Å². The third kappa shape index (κ3) is 3.97. The first-order valence-corrected chi connectivity index (χ1v) is 11.3. The number of esters is 1. The van der Waals surface area contributed by atoms with Gasteiger partial charge in [-0.05, 0) is 45.2 Å². The molecule has 1 atom stereocenters. The molecule has 1 aromatic rings. The fraction of sp³-hybridized carbons (Fsp3) is 0.476. The van der Waals surface area contributed by atoms with Gasteiger partial charge in [-0.1, -0.05) is 35.0 Å². The fourth-order valence-corrected chi connectivity index (χ4v) is 5.88. The molecule has 1 fully saturated rings. The maximum atomic E-state index is 12.5. The summed E-state index contributed by atoms with van der Waals surface area (Å²) in [6, 6.07) is 6.87. The molecule has 2 aliphatic heterocycles. The van der Waals surface area contributed by atoms with Gasteiger partial charge in [0.25, 0.3) is 5.91 Å². The minimum Gasteiger partial charge on any atom is -0.464 e. The molecule has 8 nitrogen and oxygen atoms in total. The number of carbonyl (C=O) groups excluding carboxylic acids is 3. The van der Waals surface area contributed by atoms with Crippen LogP contribution in [-0.4, -0.2) is 48.9 Å². The normalized spacial score (nSPS) is 24.5. The molecule has 0 bridgehead atoms. The highest BCUT2D eigenvalue weighted by Gasteiger charge is 2.46. The molecule has 0 saturated carbocycles. The van der Waals surface area contributed by atoms with Crippen LogP contribution in [0.25, 0.3) is 4.91 Å². The number of nitrogens with one attached hydrogen (secondary N) is 1. The number of carbonyl (C=O) groups is 3. The van der Waals surface area contributed by atoms with Gasteiger partial charge in [-0.15, -0.1) is 0 Å². The standard InChI is InChI=1S/C21H28N2O6S/c1-5-29-19(26)21(11-10-17(24)22-21)13-14-6-8-15(9-7-14)16-12-18(25)23(20(2,3)4)30(16,27)28/h6-9,12,27-28H,5,10-11,13H2,1-4H3,(H,22,24). The highest BCUT2D eigenvalue weighted by Crippen LogP contribution is 2.62. The second kappa shape index (κ2) is 7.72. The molecule has 0 radical (unpaired) electrons. The van der Waals surface area contributed by atoms with Crippen LogP contribution in [0.5, 0.6) is 0 Å². The molecule has 0 spiro atoms. The zero-order valence-electron chi connectivity index (χ0n) is 17.6. The van der Waals surface area contributed by atoms with Crippen molar-refractivity contribution in [2.45, 2.75) is 58.0 Å². The number of hydrogen-bond donors (Lipinski definition) is 3. The van der Waals surface area contributed by atoms with Gasteiger partial charge < -0.3 is 10.1 Å². The Hall–Kier alpha value is -2.36. The summed E-state index contributed by atoms with van der Waals surface area (Å²) in [5.41, 5.74) is -0.549. The first kappa shape index (κ1) is 22.3. The molecular formula is C21H28N2O6S. The van der Waals surface area contributed by atoms with Crippen molar-refractivity contribution in [1.29, 1.82) is 0 Å². The highest BCUT2D eigenvalue weighted by atomic mass is 32.3. The van der Waals surface area contributed by atoms with Crippen molar-refractivity contribution < 1.29 is 28.2 Å². The van der Waals surface area contributed by atoms with Crippen molar-refractivity contribution in [2.75, 3.05) is 6.61 Å². The van der Waals surface area contributed by atoms with Crippen LogP contribution in [0.4, 0.5) is 0 Å². The zero-order chi connectivity index (χ0) is 22.3. The fourth-order valence-electron chi connectivity index (χ4n) is 3.91. The third-order valence-corrected chi connectivity index (χ3v) is 7.36. The van der Waals surface area contributed by atoms with E-state index in [2.05, 4.69) is 5.32 Å². The third-order valence-electron chi connectivity index (χ3n) is 5.18. The molecular weight excluding hydrogens is 408 g/mol. The van der Waals surface area contributed by atoms with Gasteiger partial charge in [0.2, 0.25) is 5.91 Å². The molecule has 0 aliphatic carbocycles. The highest BCUT2D eigenvalue weighted by molar-refractivity contribution is 8.31. The van der Waals surface area contributed by atoms with Gasteiger partial charge in [0.15, 0.2) is 0 Å². The van der Waals surface area contributed by atoms with Crippen molar-refractivity contribution in [3.05, 3.63) is 41.5 Å². The summed E-state index contributed by atoms with van der Waals surface area (Å²) in [6.45, 7) is 7.16. The van der Waals surface area contributed by atoms with E-state index < -0.39 is 33.7 Å². The van der Waals surface area contributed by atoms with Crippen LogP contribution >= 0.6 is 10.8 Å². The van der Waals surface area contributed by atoms with Crippen LogP contribution in [0.15, 0.2) is 30.3 Å². The number of nitrogens with zero attached hydrogens (tertiary/aromatic N) is 1. The van der Waals surface area contributed by atoms with E-state index in [9.17, 15) is 23.5 Å².